The van der Waals surface area contributed by atoms with E-state index in [1.807, 2.05) is 0 Å². The lowest BCUT2D eigenvalue weighted by Crippen LogP contribution is -2.60. The van der Waals surface area contributed by atoms with Crippen LogP contribution in [0.15, 0.2) is 0 Å². The van der Waals surface area contributed by atoms with Crippen molar-refractivity contribution in [3.63, 3.8) is 0 Å². The number of likely N-dealkylation sites (tertiary alicyclic amines) is 2. The molecular formula is C16H34N4. The molecule has 0 radical (unpaired) electrons. The van der Waals surface area contributed by atoms with Crippen molar-refractivity contribution in [1.82, 2.24) is 14.7 Å². The molecule has 0 saturated carbocycles. The van der Waals surface area contributed by atoms with Gasteiger partial charge < -0.3 is 15.5 Å². The van der Waals surface area contributed by atoms with Crippen LogP contribution in [0.5, 0.6) is 0 Å². The van der Waals surface area contributed by atoms with Gasteiger partial charge in [-0.25, -0.2) is 0 Å². The monoisotopic (exact) mass is 282 g/mol. The van der Waals surface area contributed by atoms with Gasteiger partial charge in [0.25, 0.3) is 0 Å². The van der Waals surface area contributed by atoms with Crippen molar-refractivity contribution in [3.8, 4) is 0 Å². The largest absolute Gasteiger partial charge is 0.329 e. The first-order chi connectivity index (χ1) is 9.61. The molecule has 0 spiro atoms. The molecule has 0 aromatic carbocycles. The zero-order valence-corrected chi connectivity index (χ0v) is 13.8. The lowest BCUT2D eigenvalue weighted by molar-refractivity contribution is 0.0321. The molecule has 0 bridgehead atoms. The molecule has 0 aliphatic carbocycles. The van der Waals surface area contributed by atoms with E-state index in [9.17, 15) is 0 Å². The van der Waals surface area contributed by atoms with E-state index in [-0.39, 0.29) is 5.54 Å². The fraction of sp³-hybridized carbons (Fsp3) is 1.00. The Morgan fingerprint density at radius 1 is 1.25 bits per heavy atom. The quantitative estimate of drug-likeness (QED) is 0.794. The molecular weight excluding hydrogens is 248 g/mol. The molecule has 1 unspecified atom stereocenters. The van der Waals surface area contributed by atoms with Gasteiger partial charge in [0.2, 0.25) is 0 Å². The topological polar surface area (TPSA) is 35.7 Å². The molecule has 1 atom stereocenters. The normalized spacial score (nSPS) is 28.4. The molecule has 2 aliphatic heterocycles. The number of hydrogen-bond donors (Lipinski definition) is 1. The molecule has 2 aliphatic rings. The average molecular weight is 282 g/mol. The van der Waals surface area contributed by atoms with Gasteiger partial charge in [-0.2, -0.15) is 0 Å². The molecule has 20 heavy (non-hydrogen) atoms. The van der Waals surface area contributed by atoms with Crippen LogP contribution < -0.4 is 5.73 Å². The molecule has 0 amide bonds. The average Bonchev–Trinajstić information content (AvgIpc) is 2.86. The van der Waals surface area contributed by atoms with Crippen LogP contribution in [0.1, 0.15) is 39.0 Å². The van der Waals surface area contributed by atoms with Crippen LogP contribution in [0.2, 0.25) is 0 Å². The van der Waals surface area contributed by atoms with Gasteiger partial charge in [0.05, 0.1) is 0 Å². The summed E-state index contributed by atoms with van der Waals surface area (Å²) >= 11 is 0. The molecule has 4 heteroatoms. The maximum atomic E-state index is 6.19. The van der Waals surface area contributed by atoms with Crippen molar-refractivity contribution in [2.75, 3.05) is 53.4 Å². The SMILES string of the molecule is CCCN1CCC(CN)(N(C)CC2CCCN2C)CC1. The second-order valence-electron chi connectivity index (χ2n) is 6.93. The van der Waals surface area contributed by atoms with E-state index in [4.69, 9.17) is 5.73 Å². The smallest absolute Gasteiger partial charge is 0.0353 e. The Morgan fingerprint density at radius 2 is 1.95 bits per heavy atom. The van der Waals surface area contributed by atoms with E-state index in [0.29, 0.717) is 0 Å². The first-order valence-electron chi connectivity index (χ1n) is 8.45. The van der Waals surface area contributed by atoms with Gasteiger partial charge in [0.15, 0.2) is 0 Å². The Kier molecular flexibility index (Phi) is 5.84. The number of nitrogens with two attached hydrogens (primary N) is 1. The molecule has 0 aromatic rings. The lowest BCUT2D eigenvalue weighted by atomic mass is 9.85. The maximum absolute atomic E-state index is 6.19. The number of piperidine rings is 1. The Labute approximate surface area is 125 Å². The minimum atomic E-state index is 0.244. The van der Waals surface area contributed by atoms with Gasteiger partial charge in [-0.05, 0) is 72.4 Å². The third-order valence-electron chi connectivity index (χ3n) is 5.67. The molecule has 118 valence electrons. The van der Waals surface area contributed by atoms with Crippen LogP contribution in [0.4, 0.5) is 0 Å². The van der Waals surface area contributed by atoms with Crippen molar-refractivity contribution >= 4 is 0 Å². The fourth-order valence-electron chi connectivity index (χ4n) is 3.97. The summed E-state index contributed by atoms with van der Waals surface area (Å²) in [6.45, 7) is 9.20. The Bertz CT molecular complexity index is 286. The van der Waals surface area contributed by atoms with Crippen molar-refractivity contribution in [2.24, 2.45) is 5.73 Å². The van der Waals surface area contributed by atoms with Crippen molar-refractivity contribution < 1.29 is 0 Å². The van der Waals surface area contributed by atoms with E-state index >= 15 is 0 Å². The number of nitrogens with zero attached hydrogens (tertiary/aromatic N) is 3. The zero-order valence-electron chi connectivity index (χ0n) is 13.8. The summed E-state index contributed by atoms with van der Waals surface area (Å²) in [5.41, 5.74) is 6.44. The van der Waals surface area contributed by atoms with E-state index in [1.54, 1.807) is 0 Å². The van der Waals surface area contributed by atoms with E-state index < -0.39 is 0 Å². The number of rotatable bonds is 6. The van der Waals surface area contributed by atoms with Crippen molar-refractivity contribution in [2.45, 2.75) is 50.6 Å². The number of likely N-dealkylation sites (N-methyl/N-ethyl adjacent to an activating group) is 2. The van der Waals surface area contributed by atoms with Crippen LogP contribution in [0.25, 0.3) is 0 Å². The summed E-state index contributed by atoms with van der Waals surface area (Å²) in [7, 11) is 4.57. The van der Waals surface area contributed by atoms with Crippen LogP contribution >= 0.6 is 0 Å². The number of hydrogen-bond acceptors (Lipinski definition) is 4. The van der Waals surface area contributed by atoms with Crippen molar-refractivity contribution in [1.29, 1.82) is 0 Å². The predicted octanol–water partition coefficient (Wildman–Crippen LogP) is 1.22. The minimum absolute atomic E-state index is 0.244. The molecule has 0 aromatic heterocycles. The fourth-order valence-corrected chi connectivity index (χ4v) is 3.97. The predicted molar refractivity (Wildman–Crippen MR) is 86.0 cm³/mol. The highest BCUT2D eigenvalue weighted by Gasteiger charge is 2.38. The summed E-state index contributed by atoms with van der Waals surface area (Å²) in [4.78, 5) is 7.71. The van der Waals surface area contributed by atoms with E-state index in [0.717, 1.165) is 12.6 Å². The van der Waals surface area contributed by atoms with Gasteiger partial charge in [-0.3, -0.25) is 4.90 Å². The highest BCUT2D eigenvalue weighted by molar-refractivity contribution is 4.96. The highest BCUT2D eigenvalue weighted by atomic mass is 15.3. The first kappa shape index (κ1) is 16.2. The Hall–Kier alpha value is -0.160. The van der Waals surface area contributed by atoms with Gasteiger partial charge in [-0.15, -0.1) is 0 Å². The van der Waals surface area contributed by atoms with Gasteiger partial charge in [-0.1, -0.05) is 6.92 Å². The molecule has 2 rings (SSSR count). The molecule has 2 N–H and O–H groups in total. The van der Waals surface area contributed by atoms with Gasteiger partial charge >= 0.3 is 0 Å². The summed E-state index contributed by atoms with van der Waals surface area (Å²) in [6, 6.07) is 0.733. The molecule has 2 saturated heterocycles. The summed E-state index contributed by atoms with van der Waals surface area (Å²) < 4.78 is 0. The van der Waals surface area contributed by atoms with Crippen LogP contribution in [0.3, 0.4) is 0 Å². The second kappa shape index (κ2) is 7.21. The molecule has 4 nitrogen and oxygen atoms in total. The van der Waals surface area contributed by atoms with E-state index in [2.05, 4.69) is 35.7 Å². The first-order valence-corrected chi connectivity index (χ1v) is 8.45. The minimum Gasteiger partial charge on any atom is -0.329 e. The van der Waals surface area contributed by atoms with Crippen molar-refractivity contribution in [3.05, 3.63) is 0 Å². The highest BCUT2D eigenvalue weighted by Crippen LogP contribution is 2.29. The van der Waals surface area contributed by atoms with Gasteiger partial charge in [0, 0.05) is 24.7 Å². The standard InChI is InChI=1S/C16H34N4/c1-4-9-20-11-7-16(14-17,8-12-20)19(3)13-15-6-5-10-18(15)2/h15H,4-14,17H2,1-3H3. The maximum Gasteiger partial charge on any atom is 0.0353 e. The third-order valence-corrected chi connectivity index (χ3v) is 5.67. The molecule has 2 fully saturated rings. The second-order valence-corrected chi connectivity index (χ2v) is 6.93. The zero-order chi connectivity index (χ0) is 14.6. The summed E-state index contributed by atoms with van der Waals surface area (Å²) in [5, 5.41) is 0. The third kappa shape index (κ3) is 3.53. The summed E-state index contributed by atoms with van der Waals surface area (Å²) in [5.74, 6) is 0. The summed E-state index contributed by atoms with van der Waals surface area (Å²) in [6.07, 6.45) is 6.43. The van der Waals surface area contributed by atoms with Crippen LogP contribution in [-0.2, 0) is 0 Å². The van der Waals surface area contributed by atoms with E-state index in [1.165, 1.54) is 64.8 Å². The van der Waals surface area contributed by atoms with Crippen LogP contribution in [0, 0.1) is 0 Å². The Balaban J connectivity index is 1.90. The Morgan fingerprint density at radius 3 is 2.45 bits per heavy atom. The van der Waals surface area contributed by atoms with Gasteiger partial charge in [0.1, 0.15) is 0 Å². The lowest BCUT2D eigenvalue weighted by Gasteiger charge is -2.48. The van der Waals surface area contributed by atoms with Crippen LogP contribution in [-0.4, -0.2) is 79.6 Å². The molecule has 2 heterocycles.